The van der Waals surface area contributed by atoms with Gasteiger partial charge in [-0.25, -0.2) is 0 Å². The van der Waals surface area contributed by atoms with Crippen LogP contribution >= 0.6 is 0 Å². The molecule has 4 aliphatic heterocycles. The number of rotatable bonds is 7. The summed E-state index contributed by atoms with van der Waals surface area (Å²) in [6, 6.07) is -0.312. The van der Waals surface area contributed by atoms with Gasteiger partial charge in [0.25, 0.3) is 0 Å². The van der Waals surface area contributed by atoms with E-state index < -0.39 is 77.8 Å². The van der Waals surface area contributed by atoms with Crippen LogP contribution in [0.3, 0.4) is 0 Å². The predicted octanol–water partition coefficient (Wildman–Crippen LogP) is 2.56. The number of ether oxygens (including phenoxy) is 7. The molecule has 4 fully saturated rings. The van der Waals surface area contributed by atoms with Gasteiger partial charge in [-0.1, -0.05) is 20.8 Å². The Kier molecular flexibility index (Phi) is 13.3. The minimum atomic E-state index is -1.75. The van der Waals surface area contributed by atoms with Crippen molar-refractivity contribution in [2.75, 3.05) is 27.7 Å². The van der Waals surface area contributed by atoms with Crippen molar-refractivity contribution in [2.24, 2.45) is 17.8 Å². The summed E-state index contributed by atoms with van der Waals surface area (Å²) >= 11 is 0. The van der Waals surface area contributed by atoms with Crippen LogP contribution < -0.4 is 5.32 Å². The largest absolute Gasteiger partial charge is 0.459 e. The van der Waals surface area contributed by atoms with Crippen molar-refractivity contribution in [1.29, 1.82) is 0 Å². The van der Waals surface area contributed by atoms with Crippen molar-refractivity contribution < 1.29 is 53.3 Å². The molecular formula is C36H66N2O11. The molecular weight excluding hydrogens is 636 g/mol. The summed E-state index contributed by atoms with van der Waals surface area (Å²) in [7, 11) is 5.39. The van der Waals surface area contributed by atoms with Gasteiger partial charge < -0.3 is 58.7 Å². The standard InChI is InChI=1S/C36H66N2O11/c1-13-26-35(9,42)30(39)23(6)38(11)18-19(2)16-34(8,41)31(48-27-15-25(37-10)14-20(3)44-27)21(4)29(22(5)33(40)46-26)47-28-17-36(43-12)32(49-36)24(7)45-28/h19-32,37,39,41-42H,13-18H2,1-12H3/t19-,20?,21+,22-,23-,24?,25?,26-,27?,28?,29+,30-,31-,32?,34+,35-,36?/m1/s1. The van der Waals surface area contributed by atoms with Crippen molar-refractivity contribution >= 4 is 5.97 Å². The van der Waals surface area contributed by atoms with E-state index in [0.29, 0.717) is 19.4 Å². The first-order valence-corrected chi connectivity index (χ1v) is 18.4. The van der Waals surface area contributed by atoms with Crippen LogP contribution in [0.25, 0.3) is 0 Å². The van der Waals surface area contributed by atoms with Crippen LogP contribution in [0.1, 0.15) is 94.4 Å². The molecule has 0 aromatic carbocycles. The number of hydrogen-bond acceptors (Lipinski definition) is 13. The number of aliphatic hydroxyl groups excluding tert-OH is 1. The maximum Gasteiger partial charge on any atom is 0.311 e. The second-order valence-electron chi connectivity index (χ2n) is 16.0. The number of nitrogens with zero attached hydrogens (tertiary/aromatic N) is 1. The molecule has 0 aromatic heterocycles. The van der Waals surface area contributed by atoms with E-state index in [1.807, 2.05) is 60.5 Å². The molecule has 0 spiro atoms. The lowest BCUT2D eigenvalue weighted by atomic mass is 9.77. The number of carbonyl (C=O) groups excluding carboxylic acids is 1. The average molecular weight is 703 g/mol. The number of aliphatic hydroxyl groups is 3. The highest BCUT2D eigenvalue weighted by atomic mass is 16.8. The number of methoxy groups -OCH3 is 1. The summed E-state index contributed by atoms with van der Waals surface area (Å²) in [5, 5.41) is 38.9. The normalized spacial score (nSPS) is 50.9. The van der Waals surface area contributed by atoms with Crippen molar-refractivity contribution in [2.45, 2.75) is 179 Å². The smallest absolute Gasteiger partial charge is 0.311 e. The summed E-state index contributed by atoms with van der Waals surface area (Å²) in [5.41, 5.74) is -3.15. The van der Waals surface area contributed by atoms with Crippen LogP contribution in [-0.2, 0) is 38.0 Å². The quantitative estimate of drug-likeness (QED) is 0.227. The third kappa shape index (κ3) is 8.98. The Morgan fingerprint density at radius 1 is 1.00 bits per heavy atom. The SMILES string of the molecule is CC[C@H]1OC(=O)[C@H](C)[C@@H](OC2CC3(OC)OC3C(C)O2)[C@H](C)[C@@H](OC2CC(NC)CC(C)O2)[C@@](C)(O)C[C@@H](C)CN(C)[C@H](C)[C@@H](O)[C@]1(C)O. The van der Waals surface area contributed by atoms with Crippen LogP contribution in [0, 0.1) is 17.8 Å². The van der Waals surface area contributed by atoms with Crippen LogP contribution in [-0.4, -0.2) is 138 Å². The van der Waals surface area contributed by atoms with Crippen molar-refractivity contribution in [3.8, 4) is 0 Å². The zero-order valence-corrected chi connectivity index (χ0v) is 31.9. The zero-order valence-electron chi connectivity index (χ0n) is 31.9. The highest BCUT2D eigenvalue weighted by molar-refractivity contribution is 5.73. The van der Waals surface area contributed by atoms with Crippen LogP contribution in [0.5, 0.6) is 0 Å². The Balaban J connectivity index is 1.76. The minimum absolute atomic E-state index is 0.0519. The first kappa shape index (κ1) is 40.8. The zero-order chi connectivity index (χ0) is 36.6. The van der Waals surface area contributed by atoms with Crippen LogP contribution in [0.2, 0.25) is 0 Å². The van der Waals surface area contributed by atoms with Crippen molar-refractivity contribution in [1.82, 2.24) is 10.2 Å². The lowest BCUT2D eigenvalue weighted by molar-refractivity contribution is -0.283. The first-order chi connectivity index (χ1) is 22.8. The molecule has 4 rings (SSSR count). The van der Waals surface area contributed by atoms with Gasteiger partial charge in [0.2, 0.25) is 5.79 Å². The molecule has 49 heavy (non-hydrogen) atoms. The molecule has 13 nitrogen and oxygen atoms in total. The maximum absolute atomic E-state index is 14.1. The maximum atomic E-state index is 14.1. The molecule has 0 amide bonds. The van der Waals surface area contributed by atoms with E-state index in [0.717, 1.165) is 6.42 Å². The Hall–Kier alpha value is -0.970. The van der Waals surface area contributed by atoms with E-state index in [2.05, 4.69) is 5.32 Å². The van der Waals surface area contributed by atoms with Gasteiger partial charge >= 0.3 is 5.97 Å². The average Bonchev–Trinajstić information content (AvgIpc) is 3.78. The molecule has 0 bridgehead atoms. The third-order valence-corrected chi connectivity index (χ3v) is 11.7. The lowest BCUT2D eigenvalue weighted by Gasteiger charge is -2.46. The summed E-state index contributed by atoms with van der Waals surface area (Å²) < 4.78 is 43.7. The molecule has 0 aromatic rings. The number of hydrogen-bond donors (Lipinski definition) is 4. The lowest BCUT2D eigenvalue weighted by Crippen LogP contribution is -2.59. The topological polar surface area (TPSA) is 161 Å². The molecule has 4 aliphatic rings. The first-order valence-electron chi connectivity index (χ1n) is 18.4. The summed E-state index contributed by atoms with van der Waals surface area (Å²) in [4.78, 5) is 16.1. The van der Waals surface area contributed by atoms with Crippen LogP contribution in [0.15, 0.2) is 0 Å². The van der Waals surface area contributed by atoms with E-state index >= 15 is 0 Å². The second-order valence-corrected chi connectivity index (χ2v) is 16.0. The van der Waals surface area contributed by atoms with Crippen molar-refractivity contribution in [3.63, 3.8) is 0 Å². The summed E-state index contributed by atoms with van der Waals surface area (Å²) in [6.45, 7) is 17.0. The molecule has 13 heteroatoms. The van der Waals surface area contributed by atoms with E-state index in [4.69, 9.17) is 33.2 Å². The Bertz CT molecular complexity index is 1100. The molecule has 7 unspecified atom stereocenters. The number of epoxide rings is 1. The second kappa shape index (κ2) is 16.0. The summed E-state index contributed by atoms with van der Waals surface area (Å²) in [6.07, 6.45) is -3.61. The number of carbonyl (C=O) groups is 1. The fourth-order valence-corrected chi connectivity index (χ4v) is 8.65. The van der Waals surface area contributed by atoms with Gasteiger partial charge in [-0.3, -0.25) is 4.79 Å². The fourth-order valence-electron chi connectivity index (χ4n) is 8.65. The van der Waals surface area contributed by atoms with Gasteiger partial charge in [0.15, 0.2) is 12.6 Å². The highest BCUT2D eigenvalue weighted by Gasteiger charge is 2.65. The minimum Gasteiger partial charge on any atom is -0.459 e. The van der Waals surface area contributed by atoms with E-state index in [1.165, 1.54) is 6.92 Å². The van der Waals surface area contributed by atoms with Gasteiger partial charge in [0.05, 0.1) is 42.4 Å². The molecule has 0 saturated carbocycles. The third-order valence-electron chi connectivity index (χ3n) is 11.7. The summed E-state index contributed by atoms with van der Waals surface area (Å²) in [5.74, 6) is -2.97. The van der Waals surface area contributed by atoms with E-state index in [9.17, 15) is 20.1 Å². The fraction of sp³-hybridized carbons (Fsp3) is 0.972. The Labute approximate surface area is 293 Å². The van der Waals surface area contributed by atoms with Crippen LogP contribution in [0.4, 0.5) is 0 Å². The van der Waals surface area contributed by atoms with Gasteiger partial charge in [-0.2, -0.15) is 0 Å². The van der Waals surface area contributed by atoms with E-state index in [1.54, 1.807) is 21.0 Å². The Morgan fingerprint density at radius 2 is 1.67 bits per heavy atom. The van der Waals surface area contributed by atoms with Gasteiger partial charge in [-0.05, 0) is 80.8 Å². The molecule has 4 heterocycles. The molecule has 17 atom stereocenters. The molecule has 286 valence electrons. The number of cyclic esters (lactones) is 1. The molecule has 0 radical (unpaired) electrons. The highest BCUT2D eigenvalue weighted by Crippen LogP contribution is 2.49. The van der Waals surface area contributed by atoms with Gasteiger partial charge in [-0.15, -0.1) is 0 Å². The van der Waals surface area contributed by atoms with Gasteiger partial charge in [0, 0.05) is 38.1 Å². The molecule has 4 N–H and O–H groups in total. The molecule has 4 saturated heterocycles. The number of likely N-dealkylation sites (N-methyl/N-ethyl adjacent to an activating group) is 1. The number of fused-ring (bicyclic) bond motifs is 1. The Morgan fingerprint density at radius 3 is 2.29 bits per heavy atom. The monoisotopic (exact) mass is 702 g/mol. The predicted molar refractivity (Wildman–Crippen MR) is 181 cm³/mol. The van der Waals surface area contributed by atoms with Crippen molar-refractivity contribution in [3.05, 3.63) is 0 Å². The van der Waals surface area contributed by atoms with Gasteiger partial charge in [0.1, 0.15) is 23.9 Å². The number of nitrogens with one attached hydrogen (secondary N) is 1. The van der Waals surface area contributed by atoms with E-state index in [-0.39, 0.29) is 43.1 Å². The number of esters is 1. The molecule has 0 aliphatic carbocycles.